The van der Waals surface area contributed by atoms with E-state index in [-0.39, 0.29) is 6.10 Å². The van der Waals surface area contributed by atoms with Crippen molar-refractivity contribution < 1.29 is 14.6 Å². The van der Waals surface area contributed by atoms with E-state index in [4.69, 9.17) is 4.74 Å². The maximum Gasteiger partial charge on any atom is 0.349 e. The van der Waals surface area contributed by atoms with Crippen molar-refractivity contribution in [2.75, 3.05) is 7.05 Å². The van der Waals surface area contributed by atoms with Crippen molar-refractivity contribution in [1.29, 1.82) is 0 Å². The lowest BCUT2D eigenvalue weighted by Gasteiger charge is -2.31. The third kappa shape index (κ3) is 4.16. The molecule has 0 saturated heterocycles. The summed E-state index contributed by atoms with van der Waals surface area (Å²) < 4.78 is 5.84. The fourth-order valence-corrected chi connectivity index (χ4v) is 5.80. The van der Waals surface area contributed by atoms with Crippen LogP contribution in [0.1, 0.15) is 35.4 Å². The average molecular weight is 428 g/mol. The van der Waals surface area contributed by atoms with Crippen molar-refractivity contribution in [2.24, 2.45) is 0 Å². The zero-order chi connectivity index (χ0) is 20.3. The first kappa shape index (κ1) is 20.3. The van der Waals surface area contributed by atoms with Crippen LogP contribution in [0, 0.1) is 0 Å². The molecule has 0 spiro atoms. The van der Waals surface area contributed by atoms with Crippen molar-refractivity contribution in [3.63, 3.8) is 0 Å². The normalized spacial score (nSPS) is 21.4. The van der Waals surface area contributed by atoms with Crippen molar-refractivity contribution in [3.8, 4) is 10.4 Å². The highest BCUT2D eigenvalue weighted by atomic mass is 32.1. The van der Waals surface area contributed by atoms with Crippen LogP contribution < -0.4 is 5.32 Å². The molecule has 6 heteroatoms. The van der Waals surface area contributed by atoms with Crippen LogP contribution in [0.4, 0.5) is 0 Å². The second-order valence-electron chi connectivity index (χ2n) is 7.39. The van der Waals surface area contributed by atoms with E-state index >= 15 is 0 Å². The minimum Gasteiger partial charge on any atom is -0.460 e. The highest BCUT2D eigenvalue weighted by Crippen LogP contribution is 2.41. The summed E-state index contributed by atoms with van der Waals surface area (Å²) in [6.07, 6.45) is 3.44. The summed E-state index contributed by atoms with van der Waals surface area (Å²) in [4.78, 5) is 15.4. The Hall–Kier alpha value is -1.99. The molecular weight excluding hydrogens is 402 g/mol. The first-order valence-corrected chi connectivity index (χ1v) is 11.6. The molecule has 0 radical (unpaired) electrons. The Morgan fingerprint density at radius 1 is 1.03 bits per heavy atom. The first-order valence-electron chi connectivity index (χ1n) is 9.91. The highest BCUT2D eigenvalue weighted by Gasteiger charge is 2.45. The molecule has 2 N–H and O–H groups in total. The number of esters is 1. The second-order valence-corrected chi connectivity index (χ2v) is 9.42. The summed E-state index contributed by atoms with van der Waals surface area (Å²) in [7, 11) is 1.97. The average Bonchev–Trinajstić information content (AvgIpc) is 3.47. The number of hydrogen-bond acceptors (Lipinski definition) is 6. The van der Waals surface area contributed by atoms with Crippen LogP contribution in [0.25, 0.3) is 10.4 Å². The van der Waals surface area contributed by atoms with Crippen molar-refractivity contribution in [1.82, 2.24) is 5.32 Å². The zero-order valence-corrected chi connectivity index (χ0v) is 18.0. The molecule has 1 saturated carbocycles. The number of nitrogens with one attached hydrogen (secondary N) is 1. The van der Waals surface area contributed by atoms with Crippen LogP contribution in [0.5, 0.6) is 0 Å². The van der Waals surface area contributed by atoms with E-state index in [1.165, 1.54) is 22.7 Å². The van der Waals surface area contributed by atoms with Gasteiger partial charge >= 0.3 is 5.97 Å². The van der Waals surface area contributed by atoms with Crippen LogP contribution in [0.2, 0.25) is 0 Å². The Bertz CT molecular complexity index is 930. The van der Waals surface area contributed by atoms with Crippen LogP contribution >= 0.6 is 22.7 Å². The smallest absolute Gasteiger partial charge is 0.349 e. The summed E-state index contributed by atoms with van der Waals surface area (Å²) in [5, 5.41) is 16.8. The van der Waals surface area contributed by atoms with Gasteiger partial charge in [0.25, 0.3) is 0 Å². The Morgan fingerprint density at radius 3 is 2.45 bits per heavy atom. The fourth-order valence-electron chi connectivity index (χ4n) is 3.80. The fraction of sp³-hybridized carbons (Fsp3) is 0.348. The van der Waals surface area contributed by atoms with Gasteiger partial charge in [-0.25, -0.2) is 4.79 Å². The Balaban J connectivity index is 1.60. The molecule has 0 bridgehead atoms. The number of carbonyl (C=O) groups excluding carboxylic acids is 1. The van der Waals surface area contributed by atoms with Crippen molar-refractivity contribution in [2.45, 2.75) is 43.4 Å². The number of thiophene rings is 2. The molecule has 3 aromatic rings. The molecule has 1 fully saturated rings. The van der Waals surface area contributed by atoms with Gasteiger partial charge in [-0.1, -0.05) is 36.4 Å². The van der Waals surface area contributed by atoms with Gasteiger partial charge in [-0.2, -0.15) is 0 Å². The summed E-state index contributed by atoms with van der Waals surface area (Å²) in [6.45, 7) is 0. The van der Waals surface area contributed by atoms with E-state index in [2.05, 4.69) is 5.32 Å². The van der Waals surface area contributed by atoms with Gasteiger partial charge in [0.1, 0.15) is 6.10 Å². The summed E-state index contributed by atoms with van der Waals surface area (Å²) >= 11 is 2.80. The Morgan fingerprint density at radius 2 is 1.79 bits per heavy atom. The molecule has 0 aliphatic heterocycles. The molecule has 152 valence electrons. The van der Waals surface area contributed by atoms with Crippen molar-refractivity contribution in [3.05, 3.63) is 69.7 Å². The maximum absolute atomic E-state index is 13.3. The van der Waals surface area contributed by atoms with Gasteiger partial charge in [0.05, 0.1) is 9.75 Å². The predicted octanol–water partition coefficient (Wildman–Crippen LogP) is 4.79. The summed E-state index contributed by atoms with van der Waals surface area (Å²) in [5.74, 6) is -0.575. The molecule has 2 aromatic heterocycles. The van der Waals surface area contributed by atoms with Gasteiger partial charge < -0.3 is 15.2 Å². The molecular formula is C23H25NO3S2. The lowest BCUT2D eigenvalue weighted by molar-refractivity contribution is -0.169. The van der Waals surface area contributed by atoms with Gasteiger partial charge in [0.15, 0.2) is 0 Å². The van der Waals surface area contributed by atoms with Crippen molar-refractivity contribution >= 4 is 28.6 Å². The number of hydrogen-bond donors (Lipinski definition) is 2. The molecule has 29 heavy (non-hydrogen) atoms. The van der Waals surface area contributed by atoms with Crippen LogP contribution in [-0.2, 0) is 15.1 Å². The van der Waals surface area contributed by atoms with E-state index in [1.807, 2.05) is 61.0 Å². The topological polar surface area (TPSA) is 58.6 Å². The van der Waals surface area contributed by atoms with Gasteiger partial charge in [0.2, 0.25) is 5.60 Å². The largest absolute Gasteiger partial charge is 0.460 e. The van der Waals surface area contributed by atoms with E-state index in [1.54, 1.807) is 6.07 Å². The minimum atomic E-state index is -1.77. The maximum atomic E-state index is 13.3. The highest BCUT2D eigenvalue weighted by molar-refractivity contribution is 7.16. The van der Waals surface area contributed by atoms with E-state index < -0.39 is 11.6 Å². The lowest BCUT2D eigenvalue weighted by atomic mass is 9.92. The third-order valence-electron chi connectivity index (χ3n) is 5.55. The van der Waals surface area contributed by atoms with Crippen LogP contribution in [0.15, 0.2) is 60.0 Å². The molecule has 2 heterocycles. The first-order chi connectivity index (χ1) is 14.1. The molecule has 1 atom stereocenters. The number of ether oxygens (including phenoxy) is 1. The minimum absolute atomic E-state index is 0.146. The van der Waals surface area contributed by atoms with Gasteiger partial charge in [-0.3, -0.25) is 0 Å². The second kappa shape index (κ2) is 8.79. The summed E-state index contributed by atoms with van der Waals surface area (Å²) in [5.41, 5.74) is -0.706. The standard InChI is InChI=1S/C23H25NO3S2/c1-24-17-9-11-18(12-10-17)27-22(25)23(26,20-8-5-15-28-20)21-14-13-19(29-21)16-6-3-2-4-7-16/h2-8,13-15,17-18,24,26H,9-12H2,1H3/t17?,18?,23-/m0/s1. The SMILES string of the molecule is CNC1CCC(OC(=O)[C@](O)(c2cccs2)c2ccc(-c3ccccc3)s2)CC1. The van der Waals surface area contributed by atoms with Gasteiger partial charge in [-0.15, -0.1) is 22.7 Å². The van der Waals surface area contributed by atoms with Crippen LogP contribution in [-0.4, -0.2) is 30.3 Å². The quantitative estimate of drug-likeness (QED) is 0.556. The van der Waals surface area contributed by atoms with Gasteiger partial charge in [0, 0.05) is 10.9 Å². The Labute approximate surface area is 179 Å². The molecule has 0 amide bonds. The molecule has 1 aliphatic rings. The molecule has 0 unspecified atom stereocenters. The van der Waals surface area contributed by atoms with Gasteiger partial charge in [-0.05, 0) is 61.9 Å². The summed E-state index contributed by atoms with van der Waals surface area (Å²) in [6, 6.07) is 17.9. The number of rotatable bonds is 6. The Kier molecular flexibility index (Phi) is 6.15. The van der Waals surface area contributed by atoms with E-state index in [9.17, 15) is 9.90 Å². The molecule has 1 aliphatic carbocycles. The molecule has 4 rings (SSSR count). The van der Waals surface area contributed by atoms with Crippen LogP contribution in [0.3, 0.4) is 0 Å². The molecule has 1 aromatic carbocycles. The van der Waals surface area contributed by atoms with E-state index in [0.29, 0.717) is 15.8 Å². The number of carbonyl (C=O) groups is 1. The molecule has 4 nitrogen and oxygen atoms in total. The number of aliphatic hydroxyl groups is 1. The lowest BCUT2D eigenvalue weighted by Crippen LogP contribution is -2.41. The number of benzene rings is 1. The van der Waals surface area contributed by atoms with E-state index in [0.717, 1.165) is 36.1 Å². The zero-order valence-electron chi connectivity index (χ0n) is 16.3. The third-order valence-corrected chi connectivity index (χ3v) is 7.77. The predicted molar refractivity (Wildman–Crippen MR) is 118 cm³/mol. The monoisotopic (exact) mass is 427 g/mol.